The van der Waals surface area contributed by atoms with E-state index in [0.717, 1.165) is 19.6 Å². The number of benzene rings is 1. The molecule has 16 heavy (non-hydrogen) atoms. The average Bonchev–Trinajstić information content (AvgIpc) is 2.39. The van der Waals surface area contributed by atoms with Gasteiger partial charge in [0.2, 0.25) is 0 Å². The van der Waals surface area contributed by atoms with Crippen molar-refractivity contribution in [3.8, 4) is 0 Å². The third-order valence-corrected chi connectivity index (χ3v) is 3.34. The van der Waals surface area contributed by atoms with Crippen molar-refractivity contribution < 1.29 is 0 Å². The molecule has 1 unspecified atom stereocenters. The van der Waals surface area contributed by atoms with Crippen LogP contribution in [0.15, 0.2) is 30.3 Å². The van der Waals surface area contributed by atoms with E-state index < -0.39 is 0 Å². The Kier molecular flexibility index (Phi) is 3.20. The van der Waals surface area contributed by atoms with Crippen LogP contribution >= 0.6 is 0 Å². The highest BCUT2D eigenvalue weighted by Gasteiger charge is 2.30. The van der Waals surface area contributed by atoms with Crippen LogP contribution < -0.4 is 10.2 Å². The van der Waals surface area contributed by atoms with Crippen LogP contribution in [0.5, 0.6) is 0 Å². The van der Waals surface area contributed by atoms with Gasteiger partial charge >= 0.3 is 0 Å². The lowest BCUT2D eigenvalue weighted by Crippen LogP contribution is -2.49. The Bertz CT molecular complexity index is 332. The van der Waals surface area contributed by atoms with Gasteiger partial charge in [-0.2, -0.15) is 0 Å². The highest BCUT2D eigenvalue weighted by atomic mass is 15.2. The number of anilines is 1. The molecule has 0 radical (unpaired) electrons. The van der Waals surface area contributed by atoms with Crippen LogP contribution in [0, 0.1) is 5.92 Å². The van der Waals surface area contributed by atoms with Gasteiger partial charge < -0.3 is 10.2 Å². The maximum Gasteiger partial charge on any atom is 0.0470 e. The molecule has 1 aromatic carbocycles. The van der Waals surface area contributed by atoms with E-state index in [1.165, 1.54) is 5.69 Å². The van der Waals surface area contributed by atoms with Crippen LogP contribution in [-0.4, -0.2) is 25.2 Å². The number of nitrogens with zero attached hydrogens (tertiary/aromatic N) is 1. The van der Waals surface area contributed by atoms with E-state index >= 15 is 0 Å². The molecule has 1 saturated heterocycles. The Morgan fingerprint density at radius 1 is 1.25 bits per heavy atom. The van der Waals surface area contributed by atoms with Crippen molar-refractivity contribution in [2.24, 2.45) is 5.92 Å². The second-order valence-corrected chi connectivity index (χ2v) is 5.49. The molecule has 2 rings (SSSR count). The fraction of sp³-hybridized carbons (Fsp3) is 0.571. The van der Waals surface area contributed by atoms with Crippen molar-refractivity contribution in [3.05, 3.63) is 30.3 Å². The molecule has 1 N–H and O–H groups in total. The van der Waals surface area contributed by atoms with Crippen molar-refractivity contribution >= 4 is 5.69 Å². The van der Waals surface area contributed by atoms with Gasteiger partial charge in [-0.25, -0.2) is 0 Å². The molecule has 1 heterocycles. The summed E-state index contributed by atoms with van der Waals surface area (Å²) in [5, 5.41) is 3.55. The van der Waals surface area contributed by atoms with Crippen LogP contribution in [0.25, 0.3) is 0 Å². The first kappa shape index (κ1) is 11.5. The highest BCUT2D eigenvalue weighted by molar-refractivity contribution is 5.49. The molecule has 0 saturated carbocycles. The van der Waals surface area contributed by atoms with Gasteiger partial charge in [0, 0.05) is 24.3 Å². The van der Waals surface area contributed by atoms with Gasteiger partial charge in [0.15, 0.2) is 0 Å². The molecule has 1 aliphatic rings. The van der Waals surface area contributed by atoms with Crippen LogP contribution in [0.2, 0.25) is 0 Å². The summed E-state index contributed by atoms with van der Waals surface area (Å²) in [4.78, 5) is 2.53. The summed E-state index contributed by atoms with van der Waals surface area (Å²) in [5.74, 6) is 0.696. The maximum absolute atomic E-state index is 3.55. The Morgan fingerprint density at radius 3 is 2.62 bits per heavy atom. The standard InChI is InChI=1S/C14H22N2/c1-12-9-15-11-14(2,3)16(10-12)13-7-5-4-6-8-13/h4-8,12,15H,9-11H2,1-3H3. The third-order valence-electron chi connectivity index (χ3n) is 3.34. The second kappa shape index (κ2) is 4.46. The predicted octanol–water partition coefficient (Wildman–Crippen LogP) is 2.51. The Labute approximate surface area is 98.7 Å². The van der Waals surface area contributed by atoms with E-state index in [2.05, 4.69) is 61.3 Å². The zero-order valence-electron chi connectivity index (χ0n) is 10.5. The van der Waals surface area contributed by atoms with Gasteiger partial charge in [0.1, 0.15) is 0 Å². The summed E-state index contributed by atoms with van der Waals surface area (Å²) < 4.78 is 0. The molecule has 1 aliphatic heterocycles. The minimum absolute atomic E-state index is 0.187. The fourth-order valence-corrected chi connectivity index (χ4v) is 2.41. The molecular formula is C14H22N2. The smallest absolute Gasteiger partial charge is 0.0470 e. The highest BCUT2D eigenvalue weighted by Crippen LogP contribution is 2.26. The molecular weight excluding hydrogens is 196 g/mol. The molecule has 0 aliphatic carbocycles. The minimum atomic E-state index is 0.187. The molecule has 2 nitrogen and oxygen atoms in total. The second-order valence-electron chi connectivity index (χ2n) is 5.49. The van der Waals surface area contributed by atoms with Gasteiger partial charge in [-0.15, -0.1) is 0 Å². The van der Waals surface area contributed by atoms with E-state index in [9.17, 15) is 0 Å². The fourth-order valence-electron chi connectivity index (χ4n) is 2.41. The molecule has 2 heteroatoms. The summed E-state index contributed by atoms with van der Waals surface area (Å²) in [7, 11) is 0. The van der Waals surface area contributed by atoms with Crippen molar-refractivity contribution in [1.29, 1.82) is 0 Å². The van der Waals surface area contributed by atoms with Gasteiger partial charge in [0.05, 0.1) is 0 Å². The quantitative estimate of drug-likeness (QED) is 0.779. The zero-order chi connectivity index (χ0) is 11.6. The molecule has 0 bridgehead atoms. The topological polar surface area (TPSA) is 15.3 Å². The first-order chi connectivity index (χ1) is 7.59. The van der Waals surface area contributed by atoms with E-state index in [-0.39, 0.29) is 5.54 Å². The van der Waals surface area contributed by atoms with E-state index in [1.807, 2.05) is 0 Å². The average molecular weight is 218 g/mol. The zero-order valence-corrected chi connectivity index (χ0v) is 10.5. The van der Waals surface area contributed by atoms with E-state index in [1.54, 1.807) is 0 Å². The Hall–Kier alpha value is -1.02. The predicted molar refractivity (Wildman–Crippen MR) is 69.9 cm³/mol. The normalized spacial score (nSPS) is 25.2. The van der Waals surface area contributed by atoms with Gasteiger partial charge in [-0.05, 0) is 38.4 Å². The largest absolute Gasteiger partial charge is 0.365 e. The summed E-state index contributed by atoms with van der Waals surface area (Å²) in [6.07, 6.45) is 0. The number of rotatable bonds is 1. The molecule has 1 atom stereocenters. The van der Waals surface area contributed by atoms with Crippen LogP contribution in [0.4, 0.5) is 5.69 Å². The minimum Gasteiger partial charge on any atom is -0.365 e. The van der Waals surface area contributed by atoms with Crippen molar-refractivity contribution in [3.63, 3.8) is 0 Å². The number of para-hydroxylation sites is 1. The van der Waals surface area contributed by atoms with Gasteiger partial charge in [0.25, 0.3) is 0 Å². The van der Waals surface area contributed by atoms with E-state index in [0.29, 0.717) is 5.92 Å². The summed E-state index contributed by atoms with van der Waals surface area (Å²) in [5.41, 5.74) is 1.52. The first-order valence-electron chi connectivity index (χ1n) is 6.13. The molecule has 88 valence electrons. The lowest BCUT2D eigenvalue weighted by Gasteiger charge is -2.39. The maximum atomic E-state index is 3.55. The Balaban J connectivity index is 2.28. The summed E-state index contributed by atoms with van der Waals surface area (Å²) in [6.45, 7) is 10.2. The summed E-state index contributed by atoms with van der Waals surface area (Å²) >= 11 is 0. The molecule has 1 aromatic rings. The number of hydrogen-bond acceptors (Lipinski definition) is 2. The van der Waals surface area contributed by atoms with Gasteiger partial charge in [-0.3, -0.25) is 0 Å². The SMILES string of the molecule is CC1CNCC(C)(C)N(c2ccccc2)C1. The Morgan fingerprint density at radius 2 is 1.94 bits per heavy atom. The van der Waals surface area contributed by atoms with Crippen molar-refractivity contribution in [2.75, 3.05) is 24.5 Å². The monoisotopic (exact) mass is 218 g/mol. The van der Waals surface area contributed by atoms with Crippen LogP contribution in [0.3, 0.4) is 0 Å². The van der Waals surface area contributed by atoms with Crippen molar-refractivity contribution in [2.45, 2.75) is 26.3 Å². The molecule has 0 spiro atoms. The van der Waals surface area contributed by atoms with Gasteiger partial charge in [-0.1, -0.05) is 25.1 Å². The lowest BCUT2D eigenvalue weighted by molar-refractivity contribution is 0.460. The lowest BCUT2D eigenvalue weighted by atomic mass is 10.0. The van der Waals surface area contributed by atoms with E-state index in [4.69, 9.17) is 0 Å². The first-order valence-corrected chi connectivity index (χ1v) is 6.13. The molecule has 1 fully saturated rings. The van der Waals surface area contributed by atoms with Crippen molar-refractivity contribution in [1.82, 2.24) is 5.32 Å². The molecule has 0 amide bonds. The van der Waals surface area contributed by atoms with Crippen LogP contribution in [0.1, 0.15) is 20.8 Å². The number of hydrogen-bond donors (Lipinski definition) is 1. The third kappa shape index (κ3) is 2.38. The number of nitrogens with one attached hydrogen (secondary N) is 1. The summed E-state index contributed by atoms with van der Waals surface area (Å²) in [6, 6.07) is 10.7. The van der Waals surface area contributed by atoms with Crippen LogP contribution in [-0.2, 0) is 0 Å². The molecule has 0 aromatic heterocycles.